The highest BCUT2D eigenvalue weighted by Crippen LogP contribution is 2.37. The van der Waals surface area contributed by atoms with E-state index in [1.54, 1.807) is 25.2 Å². The lowest BCUT2D eigenvalue weighted by atomic mass is 10.1. The summed E-state index contributed by atoms with van der Waals surface area (Å²) in [6.45, 7) is -0.737. The molecule has 2 aromatic heterocycles. The summed E-state index contributed by atoms with van der Waals surface area (Å²) < 4.78 is 23.9. The zero-order chi connectivity index (χ0) is 26.7. The highest BCUT2D eigenvalue weighted by molar-refractivity contribution is 7.46. The monoisotopic (exact) mass is 532 g/mol. The number of anilines is 1. The molecule has 0 bridgehead atoms. The highest BCUT2D eigenvalue weighted by atomic mass is 31.2. The third kappa shape index (κ3) is 6.27. The molecule has 4 N–H and O–H groups in total. The number of aryl methyl sites for hydroxylation is 1. The van der Waals surface area contributed by atoms with E-state index in [4.69, 9.17) is 14.5 Å². The molecule has 0 atom stereocenters. The Balaban J connectivity index is 1.88. The van der Waals surface area contributed by atoms with Crippen LogP contribution in [0, 0.1) is 5.92 Å². The van der Waals surface area contributed by atoms with Crippen LogP contribution >= 0.6 is 7.82 Å². The SMILES string of the molecule is CNC(=O)c1nn(COP(=O)(O)O)c(NC(=O)C2CC2)cc1=Nc1cccc(-c2ncn(C)n2)c1OC. The Labute approximate surface area is 210 Å². The van der Waals surface area contributed by atoms with E-state index in [0.29, 0.717) is 22.8 Å². The number of carbonyl (C=O) groups is 2. The maximum Gasteiger partial charge on any atom is 0.471 e. The molecular weight excluding hydrogens is 507 g/mol. The molecule has 1 aromatic carbocycles. The van der Waals surface area contributed by atoms with Gasteiger partial charge in [0.1, 0.15) is 23.2 Å². The van der Waals surface area contributed by atoms with Gasteiger partial charge in [0.2, 0.25) is 5.91 Å². The van der Waals surface area contributed by atoms with Crippen molar-refractivity contribution in [2.24, 2.45) is 18.0 Å². The fourth-order valence-electron chi connectivity index (χ4n) is 3.36. The van der Waals surface area contributed by atoms with Gasteiger partial charge in [0, 0.05) is 26.1 Å². The van der Waals surface area contributed by atoms with Crippen molar-refractivity contribution < 1.29 is 33.2 Å². The van der Waals surface area contributed by atoms with Gasteiger partial charge in [-0.15, -0.1) is 0 Å². The van der Waals surface area contributed by atoms with Gasteiger partial charge in [0.25, 0.3) is 5.91 Å². The lowest BCUT2D eigenvalue weighted by Gasteiger charge is -2.16. The number of aromatic nitrogens is 5. The van der Waals surface area contributed by atoms with E-state index in [1.165, 1.54) is 31.2 Å². The Kier molecular flexibility index (Phi) is 7.50. The molecule has 2 amide bonds. The molecule has 1 aliphatic carbocycles. The minimum Gasteiger partial charge on any atom is -0.494 e. The van der Waals surface area contributed by atoms with Gasteiger partial charge in [-0.05, 0) is 25.0 Å². The molecule has 1 fully saturated rings. The summed E-state index contributed by atoms with van der Waals surface area (Å²) >= 11 is 0. The van der Waals surface area contributed by atoms with Gasteiger partial charge in [0.05, 0.1) is 12.7 Å². The minimum atomic E-state index is -4.88. The second-order valence-corrected chi connectivity index (χ2v) is 9.31. The fraction of sp³-hybridized carbons (Fsp3) is 0.333. The second kappa shape index (κ2) is 10.6. The molecule has 0 radical (unpaired) electrons. The van der Waals surface area contributed by atoms with Crippen molar-refractivity contribution in [2.45, 2.75) is 19.6 Å². The van der Waals surface area contributed by atoms with E-state index in [0.717, 1.165) is 17.5 Å². The van der Waals surface area contributed by atoms with Crippen LogP contribution in [0.5, 0.6) is 5.75 Å². The van der Waals surface area contributed by atoms with Gasteiger partial charge in [-0.1, -0.05) is 6.07 Å². The van der Waals surface area contributed by atoms with Crippen LogP contribution in [0.3, 0.4) is 0 Å². The third-order valence-corrected chi connectivity index (χ3v) is 5.74. The molecule has 196 valence electrons. The molecule has 0 saturated heterocycles. The van der Waals surface area contributed by atoms with Crippen LogP contribution in [0.2, 0.25) is 0 Å². The smallest absolute Gasteiger partial charge is 0.471 e. The van der Waals surface area contributed by atoms with E-state index in [9.17, 15) is 14.2 Å². The molecular formula is C21H25N8O7P. The zero-order valence-corrected chi connectivity index (χ0v) is 21.0. The molecule has 37 heavy (non-hydrogen) atoms. The van der Waals surface area contributed by atoms with E-state index in [-0.39, 0.29) is 28.7 Å². The highest BCUT2D eigenvalue weighted by Gasteiger charge is 2.30. The molecule has 0 spiro atoms. The number of hydrogen-bond acceptors (Lipinski definition) is 9. The minimum absolute atomic E-state index is 0.0262. The average Bonchev–Trinajstić information content (AvgIpc) is 3.63. The number of nitrogens with one attached hydrogen (secondary N) is 2. The summed E-state index contributed by atoms with van der Waals surface area (Å²) in [5, 5.41) is 13.7. The fourth-order valence-corrected chi connectivity index (χ4v) is 3.62. The van der Waals surface area contributed by atoms with Crippen LogP contribution < -0.4 is 20.7 Å². The van der Waals surface area contributed by atoms with Gasteiger partial charge in [0.15, 0.2) is 24.0 Å². The Morgan fingerprint density at radius 3 is 2.62 bits per heavy atom. The number of para-hydroxylation sites is 1. The van der Waals surface area contributed by atoms with E-state index < -0.39 is 20.5 Å². The first-order valence-electron chi connectivity index (χ1n) is 11.0. The lowest BCUT2D eigenvalue weighted by molar-refractivity contribution is -0.117. The van der Waals surface area contributed by atoms with E-state index in [1.807, 2.05) is 0 Å². The van der Waals surface area contributed by atoms with Crippen LogP contribution in [0.25, 0.3) is 11.4 Å². The number of methoxy groups -OCH3 is 1. The molecule has 1 aliphatic rings. The number of amides is 2. The quantitative estimate of drug-likeness (QED) is 0.285. The van der Waals surface area contributed by atoms with Crippen molar-refractivity contribution in [2.75, 3.05) is 19.5 Å². The van der Waals surface area contributed by atoms with Crippen LogP contribution in [-0.2, 0) is 27.7 Å². The molecule has 0 aliphatic heterocycles. The summed E-state index contributed by atoms with van der Waals surface area (Å²) in [6, 6.07) is 6.49. The third-order valence-electron chi connectivity index (χ3n) is 5.28. The first-order valence-corrected chi connectivity index (χ1v) is 12.6. The number of phosphoric acid groups is 1. The molecule has 2 heterocycles. The summed E-state index contributed by atoms with van der Waals surface area (Å²) in [6.07, 6.45) is 2.98. The lowest BCUT2D eigenvalue weighted by Crippen LogP contribution is -2.32. The maximum absolute atomic E-state index is 12.7. The molecule has 15 nitrogen and oxygen atoms in total. The number of benzene rings is 1. The van der Waals surface area contributed by atoms with Gasteiger partial charge in [-0.3, -0.25) is 18.8 Å². The molecule has 1 saturated carbocycles. The van der Waals surface area contributed by atoms with Gasteiger partial charge >= 0.3 is 7.82 Å². The van der Waals surface area contributed by atoms with Crippen molar-refractivity contribution in [3.8, 4) is 17.1 Å². The van der Waals surface area contributed by atoms with Crippen molar-refractivity contribution >= 4 is 31.1 Å². The van der Waals surface area contributed by atoms with E-state index in [2.05, 4.69) is 35.3 Å². The number of phosphoric ester groups is 1. The molecule has 3 aromatic rings. The van der Waals surface area contributed by atoms with Gasteiger partial charge in [-0.25, -0.2) is 19.2 Å². The van der Waals surface area contributed by atoms with Crippen molar-refractivity contribution in [3.63, 3.8) is 0 Å². The predicted molar refractivity (Wildman–Crippen MR) is 128 cm³/mol. The van der Waals surface area contributed by atoms with Crippen molar-refractivity contribution in [3.05, 3.63) is 41.6 Å². The second-order valence-electron chi connectivity index (χ2n) is 8.07. The topological polar surface area (TPSA) is 195 Å². The maximum atomic E-state index is 12.7. The van der Waals surface area contributed by atoms with Gasteiger partial charge in [-0.2, -0.15) is 10.2 Å². The van der Waals surface area contributed by atoms with Crippen LogP contribution in [-0.4, -0.2) is 60.3 Å². The number of rotatable bonds is 9. The number of carbonyl (C=O) groups excluding carboxylic acids is 2. The summed E-state index contributed by atoms with van der Waals surface area (Å²) in [5.41, 5.74) is 0.690. The zero-order valence-electron chi connectivity index (χ0n) is 20.2. The normalized spacial score (nSPS) is 13.9. The summed E-state index contributed by atoms with van der Waals surface area (Å²) in [7, 11) is -0.302. The Hall–Kier alpha value is -3.91. The van der Waals surface area contributed by atoms with Crippen LogP contribution in [0.15, 0.2) is 35.6 Å². The number of hydrogen-bond donors (Lipinski definition) is 4. The van der Waals surface area contributed by atoms with Gasteiger partial charge < -0.3 is 25.2 Å². The number of ether oxygens (including phenoxy) is 1. The largest absolute Gasteiger partial charge is 0.494 e. The van der Waals surface area contributed by atoms with E-state index >= 15 is 0 Å². The predicted octanol–water partition coefficient (Wildman–Crippen LogP) is 0.694. The Morgan fingerprint density at radius 2 is 2.03 bits per heavy atom. The average molecular weight is 532 g/mol. The summed E-state index contributed by atoms with van der Waals surface area (Å²) in [5.74, 6) is -0.354. The molecule has 4 rings (SSSR count). The molecule has 0 unspecified atom stereocenters. The summed E-state index contributed by atoms with van der Waals surface area (Å²) in [4.78, 5) is 52.3. The first kappa shape index (κ1) is 26.2. The van der Waals surface area contributed by atoms with Crippen LogP contribution in [0.1, 0.15) is 23.3 Å². The standard InChI is InChI=1S/C21H25N8O7P/c1-22-21(31)17-15(24-14-6-4-5-13(18(14)35-3)19-23-10-28(2)27-19)9-16(25-20(30)12-7-8-12)29(26-17)11-36-37(32,33)34/h4-6,9-10,12H,7-8,11H2,1-3H3,(H,22,31)(H,25,30)(H2,32,33,34). The Morgan fingerprint density at radius 1 is 1.27 bits per heavy atom. The van der Waals surface area contributed by atoms with Crippen molar-refractivity contribution in [1.82, 2.24) is 29.9 Å². The van der Waals surface area contributed by atoms with Crippen molar-refractivity contribution in [1.29, 1.82) is 0 Å². The molecule has 16 heteroatoms. The first-order chi connectivity index (χ1) is 17.6. The van der Waals surface area contributed by atoms with Crippen LogP contribution in [0.4, 0.5) is 11.5 Å². The Bertz CT molecular complexity index is 1460. The number of nitrogens with zero attached hydrogens (tertiary/aromatic N) is 6.